The number of hydrogen-bond acceptors (Lipinski definition) is 3. The van der Waals surface area contributed by atoms with Gasteiger partial charge in [-0.15, -0.1) is 0 Å². The van der Waals surface area contributed by atoms with Crippen molar-refractivity contribution >= 4 is 17.6 Å². The highest BCUT2D eigenvalue weighted by Gasteiger charge is 2.52. The molecule has 0 atom stereocenters. The first-order valence-corrected chi connectivity index (χ1v) is 8.62. The third-order valence-corrected chi connectivity index (χ3v) is 4.96. The van der Waals surface area contributed by atoms with Crippen molar-refractivity contribution in [1.82, 2.24) is 0 Å². The van der Waals surface area contributed by atoms with Gasteiger partial charge in [0.15, 0.2) is 0 Å². The van der Waals surface area contributed by atoms with Crippen LogP contribution < -0.4 is 5.32 Å². The lowest BCUT2D eigenvalue weighted by Gasteiger charge is -2.37. The summed E-state index contributed by atoms with van der Waals surface area (Å²) >= 11 is 0. The van der Waals surface area contributed by atoms with Crippen LogP contribution in [0.3, 0.4) is 0 Å². The van der Waals surface area contributed by atoms with Crippen LogP contribution in [0, 0.1) is 19.3 Å². The second-order valence-electron chi connectivity index (χ2n) is 6.72. The highest BCUT2D eigenvalue weighted by molar-refractivity contribution is 6.10. The molecule has 4 nitrogen and oxygen atoms in total. The number of nitrogens with one attached hydrogen (secondary N) is 1. The van der Waals surface area contributed by atoms with E-state index in [4.69, 9.17) is 4.74 Å². The SMILES string of the molecule is Cc1cccc(C)c1NC(=O)C1(C(=O)OCc2ccccc2)CCC1. The summed E-state index contributed by atoms with van der Waals surface area (Å²) in [7, 11) is 0. The summed E-state index contributed by atoms with van der Waals surface area (Å²) in [4.78, 5) is 25.5. The van der Waals surface area contributed by atoms with Crippen LogP contribution in [0.5, 0.6) is 0 Å². The summed E-state index contributed by atoms with van der Waals surface area (Å²) in [5.41, 5.74) is 2.62. The fourth-order valence-corrected chi connectivity index (χ4v) is 3.16. The molecule has 1 aliphatic carbocycles. The zero-order valence-electron chi connectivity index (χ0n) is 14.7. The lowest BCUT2D eigenvalue weighted by Crippen LogP contribution is -2.49. The van der Waals surface area contributed by atoms with Gasteiger partial charge in [-0.3, -0.25) is 9.59 Å². The molecule has 0 aromatic heterocycles. The number of aryl methyl sites for hydroxylation is 2. The first-order valence-electron chi connectivity index (χ1n) is 8.62. The molecule has 2 aromatic carbocycles. The van der Waals surface area contributed by atoms with Crippen molar-refractivity contribution in [3.63, 3.8) is 0 Å². The summed E-state index contributed by atoms with van der Waals surface area (Å²) < 4.78 is 5.45. The Balaban J connectivity index is 1.71. The Morgan fingerprint density at radius 1 is 1.00 bits per heavy atom. The van der Waals surface area contributed by atoms with Crippen LogP contribution in [0.2, 0.25) is 0 Å². The smallest absolute Gasteiger partial charge is 0.321 e. The van der Waals surface area contributed by atoms with Crippen molar-refractivity contribution in [1.29, 1.82) is 0 Å². The number of carbonyl (C=O) groups is 2. The standard InChI is InChI=1S/C21H23NO3/c1-15-8-6-9-16(2)18(15)22-19(23)21(12-7-13-21)20(24)25-14-17-10-4-3-5-11-17/h3-6,8-11H,7,12-14H2,1-2H3,(H,22,23). The maximum absolute atomic E-state index is 12.9. The van der Waals surface area contributed by atoms with E-state index in [0.29, 0.717) is 12.8 Å². The number of carbonyl (C=O) groups excluding carboxylic acids is 2. The maximum Gasteiger partial charge on any atom is 0.321 e. The van der Waals surface area contributed by atoms with Crippen LogP contribution in [-0.2, 0) is 20.9 Å². The molecule has 130 valence electrons. The molecule has 0 aliphatic heterocycles. The monoisotopic (exact) mass is 337 g/mol. The molecule has 3 rings (SSSR count). The van der Waals surface area contributed by atoms with E-state index in [1.54, 1.807) is 0 Å². The zero-order valence-corrected chi connectivity index (χ0v) is 14.7. The first kappa shape index (κ1) is 17.2. The maximum atomic E-state index is 12.9. The number of benzene rings is 2. The van der Waals surface area contributed by atoms with Crippen molar-refractivity contribution in [2.75, 3.05) is 5.32 Å². The highest BCUT2D eigenvalue weighted by Crippen LogP contribution is 2.43. The Labute approximate surface area is 148 Å². The number of rotatable bonds is 5. The molecule has 0 heterocycles. The molecule has 1 amide bonds. The molecule has 0 radical (unpaired) electrons. The van der Waals surface area contributed by atoms with Crippen LogP contribution in [0.1, 0.15) is 36.0 Å². The predicted octanol–water partition coefficient (Wildman–Crippen LogP) is 4.16. The molecule has 2 aromatic rings. The summed E-state index contributed by atoms with van der Waals surface area (Å²) in [6.07, 6.45) is 1.94. The molecule has 1 aliphatic rings. The number of esters is 1. The topological polar surface area (TPSA) is 55.4 Å². The Morgan fingerprint density at radius 3 is 2.20 bits per heavy atom. The molecule has 0 unspecified atom stereocenters. The van der Waals surface area contributed by atoms with Gasteiger partial charge >= 0.3 is 5.97 Å². The van der Waals surface area contributed by atoms with Gasteiger partial charge in [0.2, 0.25) is 5.91 Å². The van der Waals surface area contributed by atoms with E-state index < -0.39 is 11.4 Å². The van der Waals surface area contributed by atoms with E-state index >= 15 is 0 Å². The van der Waals surface area contributed by atoms with Crippen molar-refractivity contribution in [2.45, 2.75) is 39.7 Å². The minimum absolute atomic E-state index is 0.193. The van der Waals surface area contributed by atoms with E-state index in [9.17, 15) is 9.59 Å². The molecule has 1 fully saturated rings. The number of para-hydroxylation sites is 1. The molecule has 0 bridgehead atoms. The molecular formula is C21H23NO3. The van der Waals surface area contributed by atoms with Gasteiger partial charge in [0.05, 0.1) is 0 Å². The Hall–Kier alpha value is -2.62. The van der Waals surface area contributed by atoms with Gasteiger partial charge < -0.3 is 10.1 Å². The third-order valence-electron chi connectivity index (χ3n) is 4.96. The molecule has 1 N–H and O–H groups in total. The highest BCUT2D eigenvalue weighted by atomic mass is 16.5. The summed E-state index contributed by atoms with van der Waals surface area (Å²) in [6, 6.07) is 15.4. The van der Waals surface area contributed by atoms with Gasteiger partial charge in [-0.2, -0.15) is 0 Å². The zero-order chi connectivity index (χ0) is 17.9. The second kappa shape index (κ2) is 7.09. The summed E-state index contributed by atoms with van der Waals surface area (Å²) in [5.74, 6) is -0.680. The summed E-state index contributed by atoms with van der Waals surface area (Å²) in [5, 5.41) is 2.96. The van der Waals surface area contributed by atoms with Crippen LogP contribution in [0.4, 0.5) is 5.69 Å². The number of hydrogen-bond donors (Lipinski definition) is 1. The lowest BCUT2D eigenvalue weighted by molar-refractivity contribution is -0.166. The van der Waals surface area contributed by atoms with Crippen molar-refractivity contribution < 1.29 is 14.3 Å². The average Bonchev–Trinajstić information content (AvgIpc) is 2.56. The van der Waals surface area contributed by atoms with E-state index in [1.165, 1.54) is 0 Å². The fraction of sp³-hybridized carbons (Fsp3) is 0.333. The van der Waals surface area contributed by atoms with Crippen LogP contribution in [0.25, 0.3) is 0 Å². The van der Waals surface area contributed by atoms with Crippen molar-refractivity contribution in [2.24, 2.45) is 5.41 Å². The molecule has 0 spiro atoms. The van der Waals surface area contributed by atoms with E-state index in [-0.39, 0.29) is 12.5 Å². The Bertz CT molecular complexity index is 759. The molecule has 4 heteroatoms. The molecule has 25 heavy (non-hydrogen) atoms. The normalized spacial score (nSPS) is 15.1. The first-order chi connectivity index (χ1) is 12.0. The van der Waals surface area contributed by atoms with Crippen LogP contribution >= 0.6 is 0 Å². The van der Waals surface area contributed by atoms with E-state index in [1.807, 2.05) is 62.4 Å². The van der Waals surface area contributed by atoms with Crippen LogP contribution in [-0.4, -0.2) is 11.9 Å². The minimum atomic E-state index is -1.05. The average molecular weight is 337 g/mol. The van der Waals surface area contributed by atoms with E-state index in [0.717, 1.165) is 28.8 Å². The van der Waals surface area contributed by atoms with Crippen LogP contribution in [0.15, 0.2) is 48.5 Å². The van der Waals surface area contributed by atoms with Gasteiger partial charge in [0.25, 0.3) is 0 Å². The second-order valence-corrected chi connectivity index (χ2v) is 6.72. The number of anilines is 1. The molecule has 1 saturated carbocycles. The quantitative estimate of drug-likeness (QED) is 0.658. The largest absolute Gasteiger partial charge is 0.460 e. The van der Waals surface area contributed by atoms with Crippen molar-refractivity contribution in [3.8, 4) is 0 Å². The number of amides is 1. The van der Waals surface area contributed by atoms with E-state index in [2.05, 4.69) is 5.32 Å². The minimum Gasteiger partial charge on any atom is -0.460 e. The Kier molecular flexibility index (Phi) is 4.88. The van der Waals surface area contributed by atoms with Gasteiger partial charge in [0.1, 0.15) is 12.0 Å². The van der Waals surface area contributed by atoms with Gasteiger partial charge in [-0.05, 0) is 43.4 Å². The van der Waals surface area contributed by atoms with Gasteiger partial charge in [-0.25, -0.2) is 0 Å². The lowest BCUT2D eigenvalue weighted by atomic mass is 9.68. The fourth-order valence-electron chi connectivity index (χ4n) is 3.16. The third kappa shape index (κ3) is 3.43. The predicted molar refractivity (Wildman–Crippen MR) is 97.1 cm³/mol. The Morgan fingerprint density at radius 2 is 1.64 bits per heavy atom. The summed E-state index contributed by atoms with van der Waals surface area (Å²) in [6.45, 7) is 4.09. The number of ether oxygens (including phenoxy) is 1. The molecular weight excluding hydrogens is 314 g/mol. The van der Waals surface area contributed by atoms with Gasteiger partial charge in [-0.1, -0.05) is 55.0 Å². The molecule has 0 saturated heterocycles. The van der Waals surface area contributed by atoms with Gasteiger partial charge in [0, 0.05) is 5.69 Å². The van der Waals surface area contributed by atoms with Crippen molar-refractivity contribution in [3.05, 3.63) is 65.2 Å².